The molecule has 1 aromatic heterocycles. The average Bonchev–Trinajstić information content (AvgIpc) is 3.12. The highest BCUT2D eigenvalue weighted by molar-refractivity contribution is 7.92. The van der Waals surface area contributed by atoms with Gasteiger partial charge in [-0.2, -0.15) is 0 Å². The van der Waals surface area contributed by atoms with Crippen LogP contribution >= 0.6 is 11.6 Å². The minimum atomic E-state index is -4.04. The van der Waals surface area contributed by atoms with Crippen molar-refractivity contribution < 1.29 is 17.8 Å². The van der Waals surface area contributed by atoms with E-state index in [1.165, 1.54) is 12.1 Å². The van der Waals surface area contributed by atoms with Crippen molar-refractivity contribution in [3.8, 4) is 11.5 Å². The first-order valence-electron chi connectivity index (χ1n) is 8.26. The predicted octanol–water partition coefficient (Wildman–Crippen LogP) is 4.86. The van der Waals surface area contributed by atoms with Gasteiger partial charge in [-0.3, -0.25) is 14.8 Å². The molecule has 0 aliphatic heterocycles. The molecule has 146 valence electrons. The number of oxazole rings is 1. The number of hydrogen-bond acceptors (Lipinski definition) is 6. The maximum atomic E-state index is 12.6. The second-order valence-corrected chi connectivity index (χ2v) is 8.13. The molecule has 4 aromatic rings. The Balaban J connectivity index is 1.59. The van der Waals surface area contributed by atoms with E-state index in [4.69, 9.17) is 16.0 Å². The van der Waals surface area contributed by atoms with Crippen LogP contribution in [0, 0.1) is 10.1 Å². The zero-order chi connectivity index (χ0) is 20.6. The lowest BCUT2D eigenvalue weighted by Gasteiger charge is -2.08. The van der Waals surface area contributed by atoms with Crippen molar-refractivity contribution in [3.05, 3.63) is 81.9 Å². The molecule has 0 aliphatic rings. The zero-order valence-corrected chi connectivity index (χ0v) is 16.1. The number of hydrogen-bond donors (Lipinski definition) is 1. The van der Waals surface area contributed by atoms with Gasteiger partial charge < -0.3 is 4.42 Å². The van der Waals surface area contributed by atoms with Crippen LogP contribution in [-0.2, 0) is 10.0 Å². The molecule has 29 heavy (non-hydrogen) atoms. The van der Waals surface area contributed by atoms with Crippen LogP contribution in [0.3, 0.4) is 0 Å². The predicted molar refractivity (Wildman–Crippen MR) is 108 cm³/mol. The topological polar surface area (TPSA) is 115 Å². The number of nitro benzene ring substituents is 1. The van der Waals surface area contributed by atoms with E-state index in [9.17, 15) is 18.5 Å². The van der Waals surface area contributed by atoms with Crippen molar-refractivity contribution in [1.82, 2.24) is 4.98 Å². The van der Waals surface area contributed by atoms with E-state index in [1.54, 1.807) is 30.3 Å². The number of anilines is 1. The van der Waals surface area contributed by atoms with Gasteiger partial charge in [-0.1, -0.05) is 23.7 Å². The highest BCUT2D eigenvalue weighted by Gasteiger charge is 2.21. The highest BCUT2D eigenvalue weighted by atomic mass is 35.5. The molecule has 0 atom stereocenters. The van der Waals surface area contributed by atoms with Crippen LogP contribution < -0.4 is 4.72 Å². The minimum Gasteiger partial charge on any atom is -0.436 e. The monoisotopic (exact) mass is 429 g/mol. The standard InChI is InChI=1S/C19H12ClN3O5S/c20-15-10-9-14(11-17(15)23(24)25)29(26,27)22-13-7-5-12(6-8-13)19-21-16-3-1-2-4-18(16)28-19/h1-11,22H. The summed E-state index contributed by atoms with van der Waals surface area (Å²) < 4.78 is 33.2. The van der Waals surface area contributed by atoms with Gasteiger partial charge in [0.25, 0.3) is 15.7 Å². The highest BCUT2D eigenvalue weighted by Crippen LogP contribution is 2.29. The molecule has 0 spiro atoms. The molecule has 4 rings (SSSR count). The Labute approximate surface area is 170 Å². The fourth-order valence-corrected chi connectivity index (χ4v) is 3.95. The number of halogens is 1. The SMILES string of the molecule is O=[N+]([O-])c1cc(S(=O)(=O)Nc2ccc(-c3nc4ccccc4o3)cc2)ccc1Cl. The van der Waals surface area contributed by atoms with Gasteiger partial charge in [0.1, 0.15) is 10.5 Å². The summed E-state index contributed by atoms with van der Waals surface area (Å²) in [7, 11) is -4.04. The molecule has 3 aromatic carbocycles. The third-order valence-corrected chi connectivity index (χ3v) is 5.80. The van der Waals surface area contributed by atoms with Crippen LogP contribution in [-0.4, -0.2) is 18.3 Å². The lowest BCUT2D eigenvalue weighted by atomic mass is 10.2. The number of nitrogens with zero attached hydrogens (tertiary/aromatic N) is 2. The summed E-state index contributed by atoms with van der Waals surface area (Å²) in [4.78, 5) is 14.4. The lowest BCUT2D eigenvalue weighted by Crippen LogP contribution is -2.13. The average molecular weight is 430 g/mol. The number of nitro groups is 1. The number of fused-ring (bicyclic) bond motifs is 1. The summed E-state index contributed by atoms with van der Waals surface area (Å²) in [6.07, 6.45) is 0. The normalized spacial score (nSPS) is 11.5. The fraction of sp³-hybridized carbons (Fsp3) is 0. The van der Waals surface area contributed by atoms with Gasteiger partial charge in [0.05, 0.1) is 9.82 Å². The molecule has 0 aliphatic carbocycles. The van der Waals surface area contributed by atoms with Gasteiger partial charge >= 0.3 is 0 Å². The van der Waals surface area contributed by atoms with Crippen molar-refractivity contribution in [2.24, 2.45) is 0 Å². The molecule has 0 amide bonds. The van der Waals surface area contributed by atoms with E-state index in [0.29, 0.717) is 17.0 Å². The maximum Gasteiger partial charge on any atom is 0.289 e. The molecule has 0 saturated heterocycles. The molecule has 1 heterocycles. The minimum absolute atomic E-state index is 0.142. The van der Waals surface area contributed by atoms with Gasteiger partial charge in [-0.25, -0.2) is 13.4 Å². The van der Waals surface area contributed by atoms with Crippen molar-refractivity contribution in [2.75, 3.05) is 4.72 Å². The molecule has 0 saturated carbocycles. The smallest absolute Gasteiger partial charge is 0.289 e. The Morgan fingerprint density at radius 3 is 2.45 bits per heavy atom. The number of aromatic nitrogens is 1. The summed E-state index contributed by atoms with van der Waals surface area (Å²) >= 11 is 5.73. The summed E-state index contributed by atoms with van der Waals surface area (Å²) in [5.74, 6) is 0.411. The Morgan fingerprint density at radius 1 is 1.03 bits per heavy atom. The first-order valence-corrected chi connectivity index (χ1v) is 10.1. The number of rotatable bonds is 5. The summed E-state index contributed by atoms with van der Waals surface area (Å²) in [5, 5.41) is 10.8. The second-order valence-electron chi connectivity index (χ2n) is 6.04. The molecule has 1 N–H and O–H groups in total. The Morgan fingerprint density at radius 2 is 1.76 bits per heavy atom. The van der Waals surface area contributed by atoms with Crippen LogP contribution in [0.5, 0.6) is 0 Å². The molecule has 10 heteroatoms. The maximum absolute atomic E-state index is 12.6. The Kier molecular flexibility index (Phi) is 4.69. The third kappa shape index (κ3) is 3.78. The lowest BCUT2D eigenvalue weighted by molar-refractivity contribution is -0.384. The Bertz CT molecular complexity index is 1300. The van der Waals surface area contributed by atoms with Crippen LogP contribution in [0.15, 0.2) is 76.0 Å². The molecule has 0 bridgehead atoms. The first-order chi connectivity index (χ1) is 13.8. The Hall–Kier alpha value is -3.43. The molecular formula is C19H12ClN3O5S. The van der Waals surface area contributed by atoms with Gasteiger partial charge in [-0.05, 0) is 48.5 Å². The number of benzene rings is 3. The fourth-order valence-electron chi connectivity index (χ4n) is 2.69. The van der Waals surface area contributed by atoms with Crippen molar-refractivity contribution in [3.63, 3.8) is 0 Å². The summed E-state index contributed by atoms with van der Waals surface area (Å²) in [5.41, 5.74) is 1.84. The molecule has 0 radical (unpaired) electrons. The number of para-hydroxylation sites is 2. The molecular weight excluding hydrogens is 418 g/mol. The van der Waals surface area contributed by atoms with E-state index < -0.39 is 20.6 Å². The number of sulfonamides is 1. The van der Waals surface area contributed by atoms with E-state index in [-0.39, 0.29) is 15.6 Å². The zero-order valence-electron chi connectivity index (χ0n) is 14.6. The first kappa shape index (κ1) is 18.9. The molecule has 0 unspecified atom stereocenters. The van der Waals surface area contributed by atoms with Crippen molar-refractivity contribution in [2.45, 2.75) is 4.90 Å². The van der Waals surface area contributed by atoms with E-state index in [2.05, 4.69) is 9.71 Å². The van der Waals surface area contributed by atoms with E-state index in [1.807, 2.05) is 18.2 Å². The quantitative estimate of drug-likeness (QED) is 0.358. The third-order valence-electron chi connectivity index (χ3n) is 4.10. The summed E-state index contributed by atoms with van der Waals surface area (Å²) in [6, 6.07) is 17.0. The van der Waals surface area contributed by atoms with Gasteiger partial charge in [0.15, 0.2) is 5.58 Å². The van der Waals surface area contributed by atoms with Gasteiger partial charge in [0, 0.05) is 17.3 Å². The van der Waals surface area contributed by atoms with E-state index in [0.717, 1.165) is 11.6 Å². The largest absolute Gasteiger partial charge is 0.436 e. The van der Waals surface area contributed by atoms with Gasteiger partial charge in [0.2, 0.25) is 5.89 Å². The van der Waals surface area contributed by atoms with Crippen LogP contribution in [0.1, 0.15) is 0 Å². The second kappa shape index (κ2) is 7.19. The van der Waals surface area contributed by atoms with E-state index >= 15 is 0 Å². The van der Waals surface area contributed by atoms with Crippen LogP contribution in [0.4, 0.5) is 11.4 Å². The molecule has 0 fully saturated rings. The number of nitrogens with one attached hydrogen (secondary N) is 1. The van der Waals surface area contributed by atoms with Crippen LogP contribution in [0.25, 0.3) is 22.6 Å². The molecule has 8 nitrogen and oxygen atoms in total. The van der Waals surface area contributed by atoms with Crippen LogP contribution in [0.2, 0.25) is 5.02 Å². The van der Waals surface area contributed by atoms with Crippen molar-refractivity contribution >= 4 is 44.1 Å². The summed E-state index contributed by atoms with van der Waals surface area (Å²) in [6.45, 7) is 0. The van der Waals surface area contributed by atoms with Crippen molar-refractivity contribution in [1.29, 1.82) is 0 Å². The van der Waals surface area contributed by atoms with Gasteiger partial charge in [-0.15, -0.1) is 0 Å².